The first-order valence-electron chi connectivity index (χ1n) is 11.0. The molecule has 0 saturated carbocycles. The zero-order valence-electron chi connectivity index (χ0n) is 18.9. The molecule has 0 aliphatic carbocycles. The van der Waals surface area contributed by atoms with Crippen molar-refractivity contribution in [2.24, 2.45) is 4.99 Å². The zero-order valence-corrected chi connectivity index (χ0v) is 22.0. The second-order valence-electron chi connectivity index (χ2n) is 8.04. The van der Waals surface area contributed by atoms with E-state index >= 15 is 0 Å². The summed E-state index contributed by atoms with van der Waals surface area (Å²) in [7, 11) is 4.06. The van der Waals surface area contributed by atoms with Crippen LogP contribution in [0, 0.1) is 0 Å². The minimum absolute atomic E-state index is 0. The second kappa shape index (κ2) is 12.3. The summed E-state index contributed by atoms with van der Waals surface area (Å²) in [6, 6.07) is 6.87. The van der Waals surface area contributed by atoms with Crippen LogP contribution in [0.4, 0.5) is 5.69 Å². The summed E-state index contributed by atoms with van der Waals surface area (Å²) in [5, 5.41) is 4.41. The summed E-state index contributed by atoms with van der Waals surface area (Å²) in [6.45, 7) is 13.7. The number of guanidine groups is 1. The van der Waals surface area contributed by atoms with Gasteiger partial charge in [0.15, 0.2) is 5.96 Å². The van der Waals surface area contributed by atoms with Crippen molar-refractivity contribution in [1.82, 2.24) is 20.0 Å². The number of rotatable bonds is 6. The lowest BCUT2D eigenvalue weighted by Gasteiger charge is -2.35. The lowest BCUT2D eigenvalue weighted by molar-refractivity contribution is 0.223. The molecule has 1 atom stereocenters. The third-order valence-corrected chi connectivity index (χ3v) is 6.72. The van der Waals surface area contributed by atoms with E-state index in [9.17, 15) is 0 Å². The maximum atomic E-state index is 6.63. The summed E-state index contributed by atoms with van der Waals surface area (Å²) < 4.78 is 0. The predicted molar refractivity (Wildman–Crippen MR) is 140 cm³/mol. The van der Waals surface area contributed by atoms with Gasteiger partial charge in [0.2, 0.25) is 0 Å². The van der Waals surface area contributed by atoms with Crippen LogP contribution in [-0.2, 0) is 6.54 Å². The fraction of sp³-hybridized carbons (Fsp3) is 0.682. The van der Waals surface area contributed by atoms with Gasteiger partial charge in [-0.05, 0) is 38.7 Å². The average molecular weight is 549 g/mol. The monoisotopic (exact) mass is 548 g/mol. The third kappa shape index (κ3) is 6.14. The van der Waals surface area contributed by atoms with Crippen LogP contribution < -0.4 is 10.2 Å². The molecule has 2 fully saturated rings. The van der Waals surface area contributed by atoms with E-state index in [0.717, 1.165) is 63.3 Å². The number of nitrogens with one attached hydrogen (secondary N) is 1. The highest BCUT2D eigenvalue weighted by molar-refractivity contribution is 14.0. The van der Waals surface area contributed by atoms with Gasteiger partial charge in [-0.15, -0.1) is 24.0 Å². The molecule has 0 radical (unpaired) electrons. The molecule has 2 aliphatic heterocycles. The summed E-state index contributed by atoms with van der Waals surface area (Å²) in [5.74, 6) is 0.976. The smallest absolute Gasteiger partial charge is 0.193 e. The Kier molecular flexibility index (Phi) is 10.5. The lowest BCUT2D eigenvalue weighted by Crippen LogP contribution is -2.45. The van der Waals surface area contributed by atoms with Crippen LogP contribution >= 0.6 is 35.6 Å². The number of anilines is 1. The van der Waals surface area contributed by atoms with Crippen LogP contribution in [-0.4, -0.2) is 93.2 Å². The van der Waals surface area contributed by atoms with E-state index in [1.54, 1.807) is 0 Å². The van der Waals surface area contributed by atoms with E-state index in [2.05, 4.69) is 62.9 Å². The first-order valence-corrected chi connectivity index (χ1v) is 11.4. The molecule has 8 heteroatoms. The molecule has 6 nitrogen and oxygen atoms in total. The van der Waals surface area contributed by atoms with Crippen molar-refractivity contribution in [3.05, 3.63) is 28.8 Å². The highest BCUT2D eigenvalue weighted by Crippen LogP contribution is 2.28. The zero-order chi connectivity index (χ0) is 20.8. The Morgan fingerprint density at radius 3 is 2.50 bits per heavy atom. The van der Waals surface area contributed by atoms with Crippen molar-refractivity contribution < 1.29 is 0 Å². The Labute approximate surface area is 204 Å². The molecule has 30 heavy (non-hydrogen) atoms. The SMILES string of the molecule is CCN(CC)C1CCN(C(=NC)NCc2c(Cl)cccc2N2CCN(C)CC2)C1.I. The van der Waals surface area contributed by atoms with Gasteiger partial charge in [0.05, 0.1) is 0 Å². The van der Waals surface area contributed by atoms with Gasteiger partial charge in [-0.2, -0.15) is 0 Å². The van der Waals surface area contributed by atoms with Crippen LogP contribution in [0.15, 0.2) is 23.2 Å². The molecule has 1 unspecified atom stereocenters. The van der Waals surface area contributed by atoms with E-state index in [4.69, 9.17) is 11.6 Å². The highest BCUT2D eigenvalue weighted by Gasteiger charge is 2.28. The van der Waals surface area contributed by atoms with Crippen molar-refractivity contribution in [1.29, 1.82) is 0 Å². The molecule has 1 aromatic carbocycles. The molecular weight excluding hydrogens is 511 g/mol. The Hall–Kier alpha value is -0.770. The molecule has 2 saturated heterocycles. The third-order valence-electron chi connectivity index (χ3n) is 6.36. The number of halogens is 2. The fourth-order valence-electron chi connectivity index (χ4n) is 4.54. The molecule has 0 amide bonds. The van der Waals surface area contributed by atoms with E-state index in [1.165, 1.54) is 17.7 Å². The molecule has 170 valence electrons. The number of likely N-dealkylation sites (N-methyl/N-ethyl adjacent to an activating group) is 2. The number of benzene rings is 1. The number of piperazine rings is 1. The Bertz CT molecular complexity index is 688. The lowest BCUT2D eigenvalue weighted by atomic mass is 10.1. The van der Waals surface area contributed by atoms with E-state index < -0.39 is 0 Å². The first kappa shape index (κ1) is 25.5. The van der Waals surface area contributed by atoms with Crippen LogP contribution in [0.2, 0.25) is 5.02 Å². The maximum Gasteiger partial charge on any atom is 0.193 e. The van der Waals surface area contributed by atoms with Gasteiger partial charge in [0.25, 0.3) is 0 Å². The van der Waals surface area contributed by atoms with Crippen LogP contribution in [0.3, 0.4) is 0 Å². The van der Waals surface area contributed by atoms with Gasteiger partial charge in [-0.1, -0.05) is 31.5 Å². The van der Waals surface area contributed by atoms with Gasteiger partial charge < -0.3 is 20.0 Å². The van der Waals surface area contributed by atoms with Crippen LogP contribution in [0.5, 0.6) is 0 Å². The van der Waals surface area contributed by atoms with Gasteiger partial charge in [-0.25, -0.2) is 0 Å². The topological polar surface area (TPSA) is 37.4 Å². The van der Waals surface area contributed by atoms with Gasteiger partial charge in [0.1, 0.15) is 0 Å². The van der Waals surface area contributed by atoms with Crippen molar-refractivity contribution in [2.45, 2.75) is 32.9 Å². The molecule has 1 aromatic rings. The summed E-state index contributed by atoms with van der Waals surface area (Å²) in [4.78, 5) is 14.3. The molecule has 1 N–H and O–H groups in total. The first-order chi connectivity index (χ1) is 14.1. The molecular formula is C22H38ClIN6. The normalized spacial score (nSPS) is 20.6. The standard InChI is InChI=1S/C22H37ClN6.HI/c1-5-27(6-2)18-10-11-29(17-18)22(24-3)25-16-19-20(23)8-7-9-21(19)28-14-12-26(4)13-15-28;/h7-9,18H,5-6,10-17H2,1-4H3,(H,24,25);1H. The Balaban J connectivity index is 0.00000320. The molecule has 0 aromatic heterocycles. The van der Waals surface area contributed by atoms with Gasteiger partial charge in [0, 0.05) is 75.2 Å². The molecule has 2 aliphatic rings. The van der Waals surface area contributed by atoms with Crippen LogP contribution in [0.1, 0.15) is 25.8 Å². The van der Waals surface area contributed by atoms with E-state index in [-0.39, 0.29) is 24.0 Å². The quantitative estimate of drug-likeness (QED) is 0.336. The molecule has 3 rings (SSSR count). The van der Waals surface area contributed by atoms with Gasteiger partial charge >= 0.3 is 0 Å². The highest BCUT2D eigenvalue weighted by atomic mass is 127. The average Bonchev–Trinajstić information content (AvgIpc) is 3.21. The molecule has 2 heterocycles. The summed E-state index contributed by atoms with van der Waals surface area (Å²) in [5.41, 5.74) is 2.41. The Morgan fingerprint density at radius 1 is 1.17 bits per heavy atom. The van der Waals surface area contributed by atoms with Crippen molar-refractivity contribution >= 4 is 47.2 Å². The van der Waals surface area contributed by atoms with Crippen LogP contribution in [0.25, 0.3) is 0 Å². The van der Waals surface area contributed by atoms with E-state index in [0.29, 0.717) is 12.6 Å². The number of aliphatic imine (C=N–C) groups is 1. The molecule has 0 bridgehead atoms. The largest absolute Gasteiger partial charge is 0.369 e. The van der Waals surface area contributed by atoms with Crippen molar-refractivity contribution in [3.63, 3.8) is 0 Å². The second-order valence-corrected chi connectivity index (χ2v) is 8.45. The molecule has 0 spiro atoms. The Morgan fingerprint density at radius 2 is 1.87 bits per heavy atom. The fourth-order valence-corrected chi connectivity index (χ4v) is 4.77. The number of hydrogen-bond acceptors (Lipinski definition) is 4. The number of likely N-dealkylation sites (tertiary alicyclic amines) is 1. The number of nitrogens with zero attached hydrogens (tertiary/aromatic N) is 5. The summed E-state index contributed by atoms with van der Waals surface area (Å²) >= 11 is 6.63. The summed E-state index contributed by atoms with van der Waals surface area (Å²) in [6.07, 6.45) is 1.20. The van der Waals surface area contributed by atoms with Crippen molar-refractivity contribution in [2.75, 3.05) is 71.4 Å². The van der Waals surface area contributed by atoms with Gasteiger partial charge in [-0.3, -0.25) is 9.89 Å². The minimum Gasteiger partial charge on any atom is -0.369 e. The van der Waals surface area contributed by atoms with Crippen molar-refractivity contribution in [3.8, 4) is 0 Å². The minimum atomic E-state index is 0. The van der Waals surface area contributed by atoms with E-state index in [1.807, 2.05) is 13.1 Å². The maximum absolute atomic E-state index is 6.63. The number of hydrogen-bond donors (Lipinski definition) is 1. The predicted octanol–water partition coefficient (Wildman–Crippen LogP) is 3.20.